The second-order valence-electron chi connectivity index (χ2n) is 5.86. The van der Waals surface area contributed by atoms with Gasteiger partial charge in [0, 0.05) is 19.1 Å². The molecule has 0 bridgehead atoms. The molecule has 0 aliphatic carbocycles. The fourth-order valence-corrected chi connectivity index (χ4v) is 2.11. The van der Waals surface area contributed by atoms with Crippen molar-refractivity contribution >= 4 is 0 Å². The van der Waals surface area contributed by atoms with Crippen LogP contribution in [0.25, 0.3) is 0 Å². The molecule has 1 rings (SSSR count). The summed E-state index contributed by atoms with van der Waals surface area (Å²) in [6, 6.07) is 9.38. The summed E-state index contributed by atoms with van der Waals surface area (Å²) in [5.41, 5.74) is 2.69. The van der Waals surface area contributed by atoms with Crippen LogP contribution in [0.2, 0.25) is 0 Å². The van der Waals surface area contributed by atoms with Crippen molar-refractivity contribution in [3.63, 3.8) is 0 Å². The Balaban J connectivity index is 2.36. The zero-order valence-electron chi connectivity index (χ0n) is 12.5. The standard InChI is InChI=1S/C16H28N2/c1-13(2)10-16(18(4)5)12-17-11-15-8-6-14(3)7-9-15/h6-9,13,16-17H,10-12H2,1-5H3. The van der Waals surface area contributed by atoms with Crippen LogP contribution < -0.4 is 5.32 Å². The van der Waals surface area contributed by atoms with Crippen LogP contribution in [0.1, 0.15) is 31.4 Å². The molecule has 2 nitrogen and oxygen atoms in total. The van der Waals surface area contributed by atoms with Crippen molar-refractivity contribution in [2.24, 2.45) is 5.92 Å². The van der Waals surface area contributed by atoms with Crippen molar-refractivity contribution in [2.75, 3.05) is 20.6 Å². The summed E-state index contributed by atoms with van der Waals surface area (Å²) in [5, 5.41) is 3.57. The number of benzene rings is 1. The van der Waals surface area contributed by atoms with Gasteiger partial charge in [0.2, 0.25) is 0 Å². The summed E-state index contributed by atoms with van der Waals surface area (Å²) in [6.07, 6.45) is 1.24. The van der Waals surface area contributed by atoms with Crippen LogP contribution in [-0.4, -0.2) is 31.6 Å². The summed E-state index contributed by atoms with van der Waals surface area (Å²) in [5.74, 6) is 0.749. The van der Waals surface area contributed by atoms with E-state index in [2.05, 4.69) is 69.3 Å². The van der Waals surface area contributed by atoms with Gasteiger partial charge in [-0.25, -0.2) is 0 Å². The molecule has 0 heterocycles. The van der Waals surface area contributed by atoms with E-state index in [1.54, 1.807) is 0 Å². The molecule has 0 saturated heterocycles. The van der Waals surface area contributed by atoms with Gasteiger partial charge in [0.15, 0.2) is 0 Å². The molecule has 1 aromatic rings. The van der Waals surface area contributed by atoms with Crippen molar-refractivity contribution < 1.29 is 0 Å². The van der Waals surface area contributed by atoms with Crippen molar-refractivity contribution in [1.29, 1.82) is 0 Å². The Morgan fingerprint density at radius 1 is 1.11 bits per heavy atom. The second kappa shape index (κ2) is 7.55. The third-order valence-electron chi connectivity index (χ3n) is 3.30. The van der Waals surface area contributed by atoms with E-state index in [-0.39, 0.29) is 0 Å². The lowest BCUT2D eigenvalue weighted by atomic mass is 10.0. The van der Waals surface area contributed by atoms with Gasteiger partial charge in [0.05, 0.1) is 0 Å². The van der Waals surface area contributed by atoms with E-state index in [1.807, 2.05) is 0 Å². The Morgan fingerprint density at radius 3 is 2.22 bits per heavy atom. The number of rotatable bonds is 7. The average Bonchev–Trinajstić information content (AvgIpc) is 2.29. The Kier molecular flexibility index (Phi) is 6.37. The number of hydrogen-bond donors (Lipinski definition) is 1. The molecule has 0 aliphatic heterocycles. The van der Waals surface area contributed by atoms with E-state index >= 15 is 0 Å². The van der Waals surface area contributed by atoms with Crippen LogP contribution >= 0.6 is 0 Å². The Morgan fingerprint density at radius 2 is 1.72 bits per heavy atom. The second-order valence-corrected chi connectivity index (χ2v) is 5.86. The number of likely N-dealkylation sites (N-methyl/N-ethyl adjacent to an activating group) is 1. The first-order valence-electron chi connectivity index (χ1n) is 6.91. The van der Waals surface area contributed by atoms with Gasteiger partial charge in [-0.1, -0.05) is 43.7 Å². The molecule has 0 saturated carbocycles. The SMILES string of the molecule is Cc1ccc(CNCC(CC(C)C)N(C)C)cc1. The highest BCUT2D eigenvalue weighted by atomic mass is 15.1. The fourth-order valence-electron chi connectivity index (χ4n) is 2.11. The molecular weight excluding hydrogens is 220 g/mol. The molecular formula is C16H28N2. The van der Waals surface area contributed by atoms with Crippen LogP contribution in [0.15, 0.2) is 24.3 Å². The van der Waals surface area contributed by atoms with Gasteiger partial charge in [-0.15, -0.1) is 0 Å². The zero-order chi connectivity index (χ0) is 13.5. The van der Waals surface area contributed by atoms with E-state index < -0.39 is 0 Å². The highest BCUT2D eigenvalue weighted by Crippen LogP contribution is 2.08. The molecule has 0 aliphatic rings. The lowest BCUT2D eigenvalue weighted by molar-refractivity contribution is 0.246. The average molecular weight is 248 g/mol. The maximum atomic E-state index is 3.57. The van der Waals surface area contributed by atoms with Crippen molar-refractivity contribution in [1.82, 2.24) is 10.2 Å². The monoisotopic (exact) mass is 248 g/mol. The first-order valence-corrected chi connectivity index (χ1v) is 6.91. The molecule has 0 aromatic heterocycles. The molecule has 2 heteroatoms. The molecule has 1 atom stereocenters. The molecule has 1 N–H and O–H groups in total. The maximum absolute atomic E-state index is 3.57. The van der Waals surface area contributed by atoms with Crippen LogP contribution in [0.3, 0.4) is 0 Å². The number of nitrogens with zero attached hydrogens (tertiary/aromatic N) is 1. The summed E-state index contributed by atoms with van der Waals surface area (Å²) in [6.45, 7) is 8.72. The number of aryl methyl sites for hydroxylation is 1. The van der Waals surface area contributed by atoms with E-state index in [0.717, 1.165) is 19.0 Å². The first kappa shape index (κ1) is 15.2. The topological polar surface area (TPSA) is 15.3 Å². The summed E-state index contributed by atoms with van der Waals surface area (Å²) < 4.78 is 0. The molecule has 1 aromatic carbocycles. The fraction of sp³-hybridized carbons (Fsp3) is 0.625. The third-order valence-corrected chi connectivity index (χ3v) is 3.30. The van der Waals surface area contributed by atoms with Gasteiger partial charge in [0.25, 0.3) is 0 Å². The van der Waals surface area contributed by atoms with E-state index in [9.17, 15) is 0 Å². The molecule has 0 amide bonds. The zero-order valence-corrected chi connectivity index (χ0v) is 12.5. The lowest BCUT2D eigenvalue weighted by Gasteiger charge is -2.26. The van der Waals surface area contributed by atoms with Crippen molar-refractivity contribution in [3.05, 3.63) is 35.4 Å². The largest absolute Gasteiger partial charge is 0.311 e. The molecule has 102 valence electrons. The summed E-state index contributed by atoms with van der Waals surface area (Å²) >= 11 is 0. The maximum Gasteiger partial charge on any atom is 0.0217 e. The predicted octanol–water partition coefficient (Wildman–Crippen LogP) is 3.06. The van der Waals surface area contributed by atoms with Gasteiger partial charge in [-0.3, -0.25) is 0 Å². The Bertz CT molecular complexity index is 327. The first-order chi connectivity index (χ1) is 8.49. The number of hydrogen-bond acceptors (Lipinski definition) is 2. The van der Waals surface area contributed by atoms with E-state index in [1.165, 1.54) is 17.5 Å². The van der Waals surface area contributed by atoms with Gasteiger partial charge in [-0.2, -0.15) is 0 Å². The van der Waals surface area contributed by atoms with Crippen LogP contribution in [0.5, 0.6) is 0 Å². The molecule has 1 unspecified atom stereocenters. The minimum atomic E-state index is 0.621. The Hall–Kier alpha value is -0.860. The predicted molar refractivity (Wildman–Crippen MR) is 79.8 cm³/mol. The van der Waals surface area contributed by atoms with Crippen LogP contribution in [0.4, 0.5) is 0 Å². The van der Waals surface area contributed by atoms with Gasteiger partial charge in [0.1, 0.15) is 0 Å². The van der Waals surface area contributed by atoms with Crippen molar-refractivity contribution in [3.8, 4) is 0 Å². The smallest absolute Gasteiger partial charge is 0.0217 e. The Labute approximate surface area is 112 Å². The molecule has 0 fully saturated rings. The highest BCUT2D eigenvalue weighted by molar-refractivity contribution is 5.21. The van der Waals surface area contributed by atoms with Gasteiger partial charge < -0.3 is 10.2 Å². The summed E-state index contributed by atoms with van der Waals surface area (Å²) in [7, 11) is 4.33. The third kappa shape index (κ3) is 5.65. The van der Waals surface area contributed by atoms with E-state index in [4.69, 9.17) is 0 Å². The van der Waals surface area contributed by atoms with Gasteiger partial charge >= 0.3 is 0 Å². The van der Waals surface area contributed by atoms with Gasteiger partial charge in [-0.05, 0) is 38.9 Å². The summed E-state index contributed by atoms with van der Waals surface area (Å²) in [4.78, 5) is 2.32. The molecule has 18 heavy (non-hydrogen) atoms. The van der Waals surface area contributed by atoms with Crippen molar-refractivity contribution in [2.45, 2.75) is 39.8 Å². The molecule has 0 radical (unpaired) electrons. The highest BCUT2D eigenvalue weighted by Gasteiger charge is 2.12. The quantitative estimate of drug-likeness (QED) is 0.798. The molecule has 0 spiro atoms. The lowest BCUT2D eigenvalue weighted by Crippen LogP contribution is -2.38. The normalized spacial score (nSPS) is 13.3. The number of nitrogens with one attached hydrogen (secondary N) is 1. The van der Waals surface area contributed by atoms with Crippen LogP contribution in [0, 0.1) is 12.8 Å². The van der Waals surface area contributed by atoms with E-state index in [0.29, 0.717) is 6.04 Å². The van der Waals surface area contributed by atoms with Crippen LogP contribution in [-0.2, 0) is 6.54 Å². The minimum absolute atomic E-state index is 0.621. The minimum Gasteiger partial charge on any atom is -0.311 e.